The van der Waals surface area contributed by atoms with Crippen LogP contribution in [0.15, 0.2) is 24.3 Å². The maximum absolute atomic E-state index is 13.3. The second-order valence-electron chi connectivity index (χ2n) is 4.00. The number of benzene rings is 1. The fourth-order valence-electron chi connectivity index (χ4n) is 1.71. The monoisotopic (exact) mass is 252 g/mol. The van der Waals surface area contributed by atoms with Crippen LogP contribution in [0.4, 0.5) is 4.39 Å². The predicted octanol–water partition coefficient (Wildman–Crippen LogP) is 2.09. The first-order valence-corrected chi connectivity index (χ1v) is 5.59. The summed E-state index contributed by atoms with van der Waals surface area (Å²) < 4.78 is 24.0. The van der Waals surface area contributed by atoms with Crippen LogP contribution in [0.3, 0.4) is 0 Å². The maximum Gasteiger partial charge on any atom is 0.328 e. The SMILES string of the molecule is O=C(O)/C=C/c1cc(F)cc(OC2CCOC2)c1. The van der Waals surface area contributed by atoms with Crippen molar-refractivity contribution in [3.05, 3.63) is 35.7 Å². The van der Waals surface area contributed by atoms with Crippen LogP contribution >= 0.6 is 0 Å². The van der Waals surface area contributed by atoms with Gasteiger partial charge in [0.25, 0.3) is 0 Å². The number of carboxylic acid groups (broad SMARTS) is 1. The van der Waals surface area contributed by atoms with Gasteiger partial charge in [0.05, 0.1) is 13.2 Å². The third-order valence-electron chi connectivity index (χ3n) is 2.50. The van der Waals surface area contributed by atoms with E-state index in [9.17, 15) is 9.18 Å². The highest BCUT2D eigenvalue weighted by Crippen LogP contribution is 2.21. The van der Waals surface area contributed by atoms with Gasteiger partial charge in [-0.05, 0) is 23.8 Å². The van der Waals surface area contributed by atoms with E-state index in [1.165, 1.54) is 18.2 Å². The fourth-order valence-corrected chi connectivity index (χ4v) is 1.71. The Hall–Kier alpha value is -1.88. The molecule has 1 saturated heterocycles. The Bertz CT molecular complexity index is 464. The molecule has 0 saturated carbocycles. The van der Waals surface area contributed by atoms with Crippen molar-refractivity contribution in [1.82, 2.24) is 0 Å². The Labute approximate surface area is 104 Å². The number of carbonyl (C=O) groups is 1. The summed E-state index contributed by atoms with van der Waals surface area (Å²) >= 11 is 0. The topological polar surface area (TPSA) is 55.8 Å². The number of carboxylic acids is 1. The highest BCUT2D eigenvalue weighted by atomic mass is 19.1. The highest BCUT2D eigenvalue weighted by Gasteiger charge is 2.17. The van der Waals surface area contributed by atoms with Crippen molar-refractivity contribution in [2.24, 2.45) is 0 Å². The van der Waals surface area contributed by atoms with Crippen molar-refractivity contribution >= 4 is 12.0 Å². The number of rotatable bonds is 4. The van der Waals surface area contributed by atoms with Crippen molar-refractivity contribution in [2.75, 3.05) is 13.2 Å². The van der Waals surface area contributed by atoms with Gasteiger partial charge in [0.1, 0.15) is 17.7 Å². The molecule has 18 heavy (non-hydrogen) atoms. The smallest absolute Gasteiger partial charge is 0.328 e. The van der Waals surface area contributed by atoms with Gasteiger partial charge in [0, 0.05) is 18.6 Å². The molecule has 1 atom stereocenters. The fraction of sp³-hybridized carbons (Fsp3) is 0.308. The summed E-state index contributed by atoms with van der Waals surface area (Å²) in [4.78, 5) is 10.4. The van der Waals surface area contributed by atoms with E-state index in [2.05, 4.69) is 0 Å². The van der Waals surface area contributed by atoms with Gasteiger partial charge in [-0.25, -0.2) is 9.18 Å². The van der Waals surface area contributed by atoms with Gasteiger partial charge in [-0.2, -0.15) is 0 Å². The van der Waals surface area contributed by atoms with Gasteiger partial charge >= 0.3 is 5.97 Å². The molecule has 1 aromatic rings. The molecule has 0 amide bonds. The Morgan fingerprint density at radius 2 is 2.33 bits per heavy atom. The van der Waals surface area contributed by atoms with Crippen LogP contribution in [0.2, 0.25) is 0 Å². The van der Waals surface area contributed by atoms with E-state index in [0.717, 1.165) is 12.5 Å². The maximum atomic E-state index is 13.3. The highest BCUT2D eigenvalue weighted by molar-refractivity contribution is 5.85. The summed E-state index contributed by atoms with van der Waals surface area (Å²) in [7, 11) is 0. The third kappa shape index (κ3) is 3.56. The first-order chi connectivity index (χ1) is 8.63. The number of ether oxygens (including phenoxy) is 2. The van der Waals surface area contributed by atoms with Crippen molar-refractivity contribution in [3.63, 3.8) is 0 Å². The lowest BCUT2D eigenvalue weighted by Gasteiger charge is -2.12. The van der Waals surface area contributed by atoms with E-state index >= 15 is 0 Å². The molecule has 2 rings (SSSR count). The molecule has 1 unspecified atom stereocenters. The minimum absolute atomic E-state index is 0.0666. The molecule has 1 aliphatic rings. The van der Waals surface area contributed by atoms with Gasteiger partial charge in [-0.1, -0.05) is 0 Å². The number of aliphatic carboxylic acids is 1. The van der Waals surface area contributed by atoms with Crippen molar-refractivity contribution in [1.29, 1.82) is 0 Å². The molecular formula is C13H13FO4. The Morgan fingerprint density at radius 1 is 1.50 bits per heavy atom. The van der Waals surface area contributed by atoms with E-state index in [1.54, 1.807) is 6.07 Å². The zero-order chi connectivity index (χ0) is 13.0. The zero-order valence-corrected chi connectivity index (χ0v) is 9.64. The molecule has 96 valence electrons. The van der Waals surface area contributed by atoms with Gasteiger partial charge in [0.15, 0.2) is 0 Å². The van der Waals surface area contributed by atoms with Crippen LogP contribution in [0, 0.1) is 5.82 Å². The van der Waals surface area contributed by atoms with Crippen LogP contribution in [0.1, 0.15) is 12.0 Å². The molecule has 1 aromatic carbocycles. The van der Waals surface area contributed by atoms with Crippen LogP contribution < -0.4 is 4.74 Å². The Kier molecular flexibility index (Phi) is 3.94. The molecule has 1 fully saturated rings. The lowest BCUT2D eigenvalue weighted by molar-refractivity contribution is -0.131. The standard InChI is InChI=1S/C13H13FO4/c14-10-5-9(1-2-13(15)16)6-12(7-10)18-11-3-4-17-8-11/h1-2,5-7,11H,3-4,8H2,(H,15,16)/b2-1+. The largest absolute Gasteiger partial charge is 0.488 e. The van der Waals surface area contributed by atoms with Gasteiger partial charge in [-0.3, -0.25) is 0 Å². The summed E-state index contributed by atoms with van der Waals surface area (Å²) in [6.07, 6.45) is 2.99. The molecule has 5 heteroatoms. The van der Waals surface area contributed by atoms with Crippen LogP contribution in [-0.2, 0) is 9.53 Å². The number of hydrogen-bond donors (Lipinski definition) is 1. The second-order valence-corrected chi connectivity index (χ2v) is 4.00. The van der Waals surface area contributed by atoms with Crippen LogP contribution in [0.5, 0.6) is 5.75 Å². The van der Waals surface area contributed by atoms with Gasteiger partial charge in [-0.15, -0.1) is 0 Å². The molecule has 1 heterocycles. The lowest BCUT2D eigenvalue weighted by Crippen LogP contribution is -2.15. The minimum Gasteiger partial charge on any atom is -0.488 e. The molecule has 4 nitrogen and oxygen atoms in total. The molecule has 0 radical (unpaired) electrons. The summed E-state index contributed by atoms with van der Waals surface area (Å²) in [5.41, 5.74) is 0.450. The molecule has 0 aliphatic carbocycles. The Morgan fingerprint density at radius 3 is 3.00 bits per heavy atom. The van der Waals surface area contributed by atoms with Gasteiger partial charge in [0.2, 0.25) is 0 Å². The normalized spacial score (nSPS) is 19.3. The van der Waals surface area contributed by atoms with E-state index in [1.807, 2.05) is 0 Å². The van der Waals surface area contributed by atoms with E-state index in [4.69, 9.17) is 14.6 Å². The lowest BCUT2D eigenvalue weighted by atomic mass is 10.2. The summed E-state index contributed by atoms with van der Waals surface area (Å²) in [5, 5.41) is 8.51. The molecule has 0 spiro atoms. The van der Waals surface area contributed by atoms with Crippen LogP contribution in [0.25, 0.3) is 6.08 Å². The summed E-state index contributed by atoms with van der Waals surface area (Å²) in [6, 6.07) is 4.12. The van der Waals surface area contributed by atoms with Crippen LogP contribution in [-0.4, -0.2) is 30.4 Å². The molecule has 0 bridgehead atoms. The molecule has 0 aromatic heterocycles. The summed E-state index contributed by atoms with van der Waals surface area (Å²) in [6.45, 7) is 1.14. The molecular weight excluding hydrogens is 239 g/mol. The molecule has 1 N–H and O–H groups in total. The van der Waals surface area contributed by atoms with Crippen molar-refractivity contribution < 1.29 is 23.8 Å². The van der Waals surface area contributed by atoms with Gasteiger partial charge < -0.3 is 14.6 Å². The average molecular weight is 252 g/mol. The number of hydrogen-bond acceptors (Lipinski definition) is 3. The van der Waals surface area contributed by atoms with E-state index in [0.29, 0.717) is 24.5 Å². The third-order valence-corrected chi connectivity index (χ3v) is 2.50. The summed E-state index contributed by atoms with van der Waals surface area (Å²) in [5.74, 6) is -1.15. The first kappa shape index (κ1) is 12.6. The van der Waals surface area contributed by atoms with E-state index in [-0.39, 0.29) is 6.10 Å². The predicted molar refractivity (Wildman–Crippen MR) is 62.9 cm³/mol. The minimum atomic E-state index is -1.08. The first-order valence-electron chi connectivity index (χ1n) is 5.59. The van der Waals surface area contributed by atoms with Crippen molar-refractivity contribution in [3.8, 4) is 5.75 Å². The van der Waals surface area contributed by atoms with E-state index < -0.39 is 11.8 Å². The van der Waals surface area contributed by atoms with Crippen molar-refractivity contribution in [2.45, 2.75) is 12.5 Å². The zero-order valence-electron chi connectivity index (χ0n) is 9.64. The second kappa shape index (κ2) is 5.64. The molecule has 1 aliphatic heterocycles. The quantitative estimate of drug-likeness (QED) is 0.834. The number of halogens is 1. The Balaban J connectivity index is 2.12. The average Bonchev–Trinajstić information content (AvgIpc) is 2.78.